The topological polar surface area (TPSA) is 9.23 Å². The van der Waals surface area contributed by atoms with Gasteiger partial charge in [0.25, 0.3) is 0 Å². The molecule has 0 fully saturated rings. The molecule has 0 rings (SSSR count). The highest BCUT2D eigenvalue weighted by Gasteiger charge is 2.86. The maximum absolute atomic E-state index is 12.1. The Morgan fingerprint density at radius 1 is 0.619 bits per heavy atom. The van der Waals surface area contributed by atoms with E-state index < -0.39 is 42.4 Å². The number of alkyl halides is 12. The van der Waals surface area contributed by atoms with Crippen LogP contribution >= 0.6 is 0 Å². The Kier molecular flexibility index (Phi) is 4.79. The summed E-state index contributed by atoms with van der Waals surface area (Å²) in [6.07, 6.45) is -29.8. The van der Waals surface area contributed by atoms with Crippen LogP contribution in [-0.2, 0) is 4.74 Å². The third-order valence-corrected chi connectivity index (χ3v) is 1.81. The van der Waals surface area contributed by atoms with Gasteiger partial charge in [0.15, 0.2) is 0 Å². The van der Waals surface area contributed by atoms with E-state index in [4.69, 9.17) is 0 Å². The maximum atomic E-state index is 12.1. The van der Waals surface area contributed by atoms with Crippen molar-refractivity contribution in [2.45, 2.75) is 30.3 Å². The Labute approximate surface area is 106 Å². The second-order valence-electron chi connectivity index (χ2n) is 3.26. The van der Waals surface area contributed by atoms with Crippen molar-refractivity contribution in [1.82, 2.24) is 0 Å². The van der Waals surface area contributed by atoms with Crippen LogP contribution in [0.2, 0.25) is 0 Å². The van der Waals surface area contributed by atoms with Gasteiger partial charge in [-0.1, -0.05) is 0 Å². The summed E-state index contributed by atoms with van der Waals surface area (Å²) < 4.78 is 158. The summed E-state index contributed by atoms with van der Waals surface area (Å²) >= 11 is 0. The largest absolute Gasteiger partial charge is 0.467 e. The van der Waals surface area contributed by atoms with E-state index in [0.717, 1.165) is 0 Å². The first-order chi connectivity index (χ1) is 8.88. The lowest BCUT2D eigenvalue weighted by Gasteiger charge is -2.37. The van der Waals surface area contributed by atoms with Crippen LogP contribution in [0.1, 0.15) is 0 Å². The first kappa shape index (κ1) is 19.6. The molecule has 0 amide bonds. The van der Waals surface area contributed by atoms with E-state index in [-0.39, 0.29) is 0 Å². The highest BCUT2D eigenvalue weighted by Crippen LogP contribution is 2.55. The lowest BCUT2D eigenvalue weighted by molar-refractivity contribution is -0.447. The number of allylic oxidation sites excluding steroid dienone is 1. The Morgan fingerprint density at radius 3 is 1.10 bits per heavy atom. The quantitative estimate of drug-likeness (QED) is 0.515. The highest BCUT2D eigenvalue weighted by molar-refractivity contribution is 5.06. The first-order valence-corrected chi connectivity index (χ1v) is 4.19. The first-order valence-electron chi connectivity index (χ1n) is 4.19. The molecule has 0 radical (unpaired) electrons. The lowest BCUT2D eigenvalue weighted by atomic mass is 10.0. The third-order valence-electron chi connectivity index (χ3n) is 1.81. The van der Waals surface area contributed by atoms with Crippen LogP contribution in [0.3, 0.4) is 0 Å². The molecule has 0 aliphatic heterocycles. The minimum atomic E-state index is -7.26. The van der Waals surface area contributed by atoms with Crippen molar-refractivity contribution < 1.29 is 61.8 Å². The van der Waals surface area contributed by atoms with Gasteiger partial charge in [-0.3, -0.25) is 0 Å². The summed E-state index contributed by atoms with van der Waals surface area (Å²) in [6.45, 7) is 0. The zero-order valence-corrected chi connectivity index (χ0v) is 8.90. The van der Waals surface area contributed by atoms with Crippen LogP contribution in [0, 0.1) is 0 Å². The summed E-state index contributed by atoms with van der Waals surface area (Å²) in [4.78, 5) is 0. The number of hydrogen-bond donors (Lipinski definition) is 0. The fourth-order valence-corrected chi connectivity index (χ4v) is 0.890. The van der Waals surface area contributed by atoms with E-state index in [9.17, 15) is 57.1 Å². The van der Waals surface area contributed by atoms with E-state index in [1.807, 2.05) is 0 Å². The van der Waals surface area contributed by atoms with E-state index in [1.54, 1.807) is 0 Å². The second kappa shape index (κ2) is 5.12. The Morgan fingerprint density at radius 2 is 0.905 bits per heavy atom. The third kappa shape index (κ3) is 3.64. The minimum absolute atomic E-state index is 1.94. The van der Waals surface area contributed by atoms with Crippen LogP contribution in [0.25, 0.3) is 0 Å². The van der Waals surface area contributed by atoms with Gasteiger partial charge in [-0.2, -0.15) is 57.1 Å². The van der Waals surface area contributed by atoms with E-state index >= 15 is 0 Å². The molecule has 0 aliphatic rings. The fraction of sp³-hybridized carbons (Fsp3) is 0.714. The number of rotatable bonds is 2. The normalized spacial score (nSPS) is 16.1. The van der Waals surface area contributed by atoms with Gasteiger partial charge in [-0.05, 0) is 0 Å². The van der Waals surface area contributed by atoms with Gasteiger partial charge in [0.05, 0.1) is 0 Å². The SMILES string of the molecule is F/C(=C\OC(C(F)(F)F)(C(F)(F)F)C(F)(F)F)C(F)(F)F. The van der Waals surface area contributed by atoms with Gasteiger partial charge in [0, 0.05) is 0 Å². The highest BCUT2D eigenvalue weighted by atomic mass is 19.4. The smallest absolute Gasteiger partial charge is 0.447 e. The molecular formula is C7HF13O. The van der Waals surface area contributed by atoms with Crippen molar-refractivity contribution in [1.29, 1.82) is 0 Å². The van der Waals surface area contributed by atoms with E-state index in [1.165, 1.54) is 0 Å². The monoisotopic (exact) mass is 348 g/mol. The molecule has 126 valence electrons. The molecule has 0 atom stereocenters. The minimum Gasteiger partial charge on any atom is -0.467 e. The molecule has 0 aromatic rings. The van der Waals surface area contributed by atoms with Gasteiger partial charge < -0.3 is 4.74 Å². The summed E-state index contributed by atoms with van der Waals surface area (Å²) in [7, 11) is 0. The van der Waals surface area contributed by atoms with Crippen molar-refractivity contribution in [3.63, 3.8) is 0 Å². The van der Waals surface area contributed by atoms with Gasteiger partial charge in [-0.15, -0.1) is 0 Å². The van der Waals surface area contributed by atoms with Crippen LogP contribution < -0.4 is 0 Å². The van der Waals surface area contributed by atoms with Crippen LogP contribution in [0.5, 0.6) is 0 Å². The van der Waals surface area contributed by atoms with Gasteiger partial charge >= 0.3 is 30.3 Å². The second-order valence-corrected chi connectivity index (χ2v) is 3.26. The number of halogens is 13. The summed E-state index contributed by atoms with van der Waals surface area (Å²) in [5.41, 5.74) is -7.00. The fourth-order valence-electron chi connectivity index (χ4n) is 0.890. The predicted molar refractivity (Wildman–Crippen MR) is 37.2 cm³/mol. The molecule has 0 aromatic heterocycles. The van der Waals surface area contributed by atoms with E-state index in [0.29, 0.717) is 0 Å². The summed E-state index contributed by atoms with van der Waals surface area (Å²) in [5, 5.41) is 0. The molecule has 0 unspecified atom stereocenters. The molecule has 0 N–H and O–H groups in total. The van der Waals surface area contributed by atoms with Crippen molar-refractivity contribution in [2.24, 2.45) is 0 Å². The summed E-state index contributed by atoms with van der Waals surface area (Å²) in [6, 6.07) is 0. The average Bonchev–Trinajstić information content (AvgIpc) is 2.09. The molecule has 0 saturated heterocycles. The maximum Gasteiger partial charge on any atom is 0.447 e. The van der Waals surface area contributed by atoms with Crippen LogP contribution in [0.4, 0.5) is 57.1 Å². The standard InChI is InChI=1S/C7HF13O/c8-2(3(9,10)11)1-21-4(5(12,13)14,6(15,16)17)7(18,19)20/h1H/b2-1-. The van der Waals surface area contributed by atoms with Crippen LogP contribution in [0.15, 0.2) is 12.1 Å². The Balaban J connectivity index is 6.10. The lowest BCUT2D eigenvalue weighted by Crippen LogP contribution is -2.67. The molecule has 0 bridgehead atoms. The van der Waals surface area contributed by atoms with Crippen LogP contribution in [-0.4, -0.2) is 30.3 Å². The van der Waals surface area contributed by atoms with Gasteiger partial charge in [0.2, 0.25) is 5.83 Å². The van der Waals surface area contributed by atoms with Gasteiger partial charge in [0.1, 0.15) is 6.26 Å². The number of ether oxygens (including phenoxy) is 1. The Hall–Kier alpha value is -1.37. The average molecular weight is 348 g/mol. The molecule has 0 heterocycles. The molecule has 0 aromatic carbocycles. The van der Waals surface area contributed by atoms with Crippen molar-refractivity contribution in [3.8, 4) is 0 Å². The number of hydrogen-bond acceptors (Lipinski definition) is 1. The Bertz CT molecular complexity index is 355. The molecule has 0 saturated carbocycles. The summed E-state index contributed by atoms with van der Waals surface area (Å²) in [5.74, 6) is -3.72. The predicted octanol–water partition coefficient (Wildman–Crippen LogP) is 4.80. The van der Waals surface area contributed by atoms with Crippen molar-refractivity contribution >= 4 is 0 Å². The zero-order valence-electron chi connectivity index (χ0n) is 8.90. The molecule has 1 nitrogen and oxygen atoms in total. The van der Waals surface area contributed by atoms with E-state index in [2.05, 4.69) is 4.74 Å². The molecule has 21 heavy (non-hydrogen) atoms. The van der Waals surface area contributed by atoms with Gasteiger partial charge in [-0.25, -0.2) is 0 Å². The zero-order chi connectivity index (χ0) is 17.5. The molecular weight excluding hydrogens is 347 g/mol. The molecule has 14 heteroatoms. The molecule has 0 aliphatic carbocycles. The van der Waals surface area contributed by atoms with Crippen molar-refractivity contribution in [2.75, 3.05) is 0 Å². The van der Waals surface area contributed by atoms with Crippen molar-refractivity contribution in [3.05, 3.63) is 12.1 Å². The molecule has 0 spiro atoms.